The van der Waals surface area contributed by atoms with E-state index in [0.717, 1.165) is 22.3 Å². The fourth-order valence-corrected chi connectivity index (χ4v) is 3.26. The lowest BCUT2D eigenvalue weighted by Gasteiger charge is -2.21. The first-order chi connectivity index (χ1) is 12.6. The SMILES string of the molecule is C#CCN(CCC(=O)O)C(=O)OCC1c2ccccc2-c2ccccc21. The summed E-state index contributed by atoms with van der Waals surface area (Å²) >= 11 is 0. The molecule has 132 valence electrons. The fraction of sp³-hybridized carbons (Fsp3) is 0.238. The van der Waals surface area contributed by atoms with Crippen LogP contribution in [0.15, 0.2) is 48.5 Å². The summed E-state index contributed by atoms with van der Waals surface area (Å²) in [5, 5.41) is 8.80. The van der Waals surface area contributed by atoms with Crippen LogP contribution < -0.4 is 0 Å². The summed E-state index contributed by atoms with van der Waals surface area (Å²) in [5.74, 6) is 1.33. The van der Waals surface area contributed by atoms with Crippen molar-refractivity contribution in [3.63, 3.8) is 0 Å². The summed E-state index contributed by atoms with van der Waals surface area (Å²) in [4.78, 5) is 24.3. The molecule has 0 fully saturated rings. The molecule has 2 aromatic carbocycles. The third-order valence-corrected chi connectivity index (χ3v) is 4.47. The largest absolute Gasteiger partial charge is 0.481 e. The second-order valence-electron chi connectivity index (χ2n) is 6.07. The van der Waals surface area contributed by atoms with Gasteiger partial charge < -0.3 is 9.84 Å². The highest BCUT2D eigenvalue weighted by Crippen LogP contribution is 2.44. The van der Waals surface area contributed by atoms with Crippen LogP contribution in [0.1, 0.15) is 23.5 Å². The number of amides is 1. The summed E-state index contributed by atoms with van der Waals surface area (Å²) in [5.41, 5.74) is 4.54. The number of aliphatic carboxylic acids is 1. The van der Waals surface area contributed by atoms with Crippen LogP contribution in [0.4, 0.5) is 4.79 Å². The second-order valence-corrected chi connectivity index (χ2v) is 6.07. The first-order valence-electron chi connectivity index (χ1n) is 8.37. The molecule has 1 amide bonds. The molecule has 5 heteroatoms. The first kappa shape index (κ1) is 17.6. The van der Waals surface area contributed by atoms with Crippen LogP contribution in [0.25, 0.3) is 11.1 Å². The summed E-state index contributed by atoms with van der Waals surface area (Å²) in [6.45, 7) is 0.223. The van der Waals surface area contributed by atoms with Crippen molar-refractivity contribution in [2.24, 2.45) is 0 Å². The Morgan fingerprint density at radius 1 is 1.08 bits per heavy atom. The van der Waals surface area contributed by atoms with Crippen LogP contribution in [0.3, 0.4) is 0 Å². The minimum atomic E-state index is -0.988. The molecule has 0 heterocycles. The molecule has 1 aliphatic carbocycles. The van der Waals surface area contributed by atoms with Gasteiger partial charge in [0.1, 0.15) is 6.61 Å². The third kappa shape index (κ3) is 3.55. The van der Waals surface area contributed by atoms with Gasteiger partial charge >= 0.3 is 12.1 Å². The number of terminal acetylenes is 1. The van der Waals surface area contributed by atoms with E-state index in [1.54, 1.807) is 0 Å². The van der Waals surface area contributed by atoms with Crippen molar-refractivity contribution in [1.82, 2.24) is 4.90 Å². The van der Waals surface area contributed by atoms with Crippen molar-refractivity contribution >= 4 is 12.1 Å². The highest BCUT2D eigenvalue weighted by molar-refractivity contribution is 5.79. The van der Waals surface area contributed by atoms with Gasteiger partial charge in [0.15, 0.2) is 0 Å². The second kappa shape index (κ2) is 7.75. The maximum atomic E-state index is 12.3. The van der Waals surface area contributed by atoms with Gasteiger partial charge in [-0.3, -0.25) is 9.69 Å². The summed E-state index contributed by atoms with van der Waals surface area (Å²) in [7, 11) is 0. The molecule has 0 saturated heterocycles. The number of fused-ring (bicyclic) bond motifs is 3. The van der Waals surface area contributed by atoms with Crippen LogP contribution in [-0.2, 0) is 9.53 Å². The molecule has 0 spiro atoms. The predicted molar refractivity (Wildman–Crippen MR) is 97.7 cm³/mol. The fourth-order valence-electron chi connectivity index (χ4n) is 3.26. The lowest BCUT2D eigenvalue weighted by Crippen LogP contribution is -2.34. The Morgan fingerprint density at radius 3 is 2.19 bits per heavy atom. The van der Waals surface area contributed by atoms with E-state index < -0.39 is 12.1 Å². The number of carboxylic acid groups (broad SMARTS) is 1. The zero-order valence-electron chi connectivity index (χ0n) is 14.2. The molecule has 0 bridgehead atoms. The highest BCUT2D eigenvalue weighted by atomic mass is 16.6. The van der Waals surface area contributed by atoms with Crippen LogP contribution >= 0.6 is 0 Å². The van der Waals surface area contributed by atoms with Gasteiger partial charge in [-0.2, -0.15) is 0 Å². The minimum absolute atomic E-state index is 0.0178. The molecule has 3 rings (SSSR count). The number of benzene rings is 2. The Hall–Kier alpha value is -3.26. The Labute approximate surface area is 152 Å². The zero-order valence-corrected chi connectivity index (χ0v) is 14.2. The standard InChI is InChI=1S/C21H19NO4/c1-2-12-22(13-11-20(23)24)21(25)26-14-19-17-9-5-3-7-15(17)16-8-4-6-10-18(16)19/h1,3-10,19H,11-14H2,(H,23,24). The number of ether oxygens (including phenoxy) is 1. The number of hydrogen-bond acceptors (Lipinski definition) is 3. The van der Waals surface area contributed by atoms with Crippen LogP contribution in [0.2, 0.25) is 0 Å². The molecule has 0 atom stereocenters. The molecule has 2 aromatic rings. The number of carbonyl (C=O) groups excluding carboxylic acids is 1. The normalized spacial score (nSPS) is 12.0. The van der Waals surface area contributed by atoms with E-state index in [2.05, 4.69) is 18.1 Å². The molecule has 0 unspecified atom stereocenters. The number of carboxylic acids is 1. The van der Waals surface area contributed by atoms with E-state index in [0.29, 0.717) is 0 Å². The van der Waals surface area contributed by atoms with Crippen molar-refractivity contribution in [1.29, 1.82) is 0 Å². The van der Waals surface area contributed by atoms with E-state index in [4.69, 9.17) is 16.3 Å². The zero-order chi connectivity index (χ0) is 18.5. The van der Waals surface area contributed by atoms with E-state index in [1.807, 2.05) is 36.4 Å². The molecule has 1 N–H and O–H groups in total. The summed E-state index contributed by atoms with van der Waals surface area (Å²) in [6, 6.07) is 16.1. The molecule has 0 aliphatic heterocycles. The number of carbonyl (C=O) groups is 2. The van der Waals surface area contributed by atoms with Gasteiger partial charge in [-0.05, 0) is 22.3 Å². The van der Waals surface area contributed by atoms with Crippen molar-refractivity contribution < 1.29 is 19.4 Å². The van der Waals surface area contributed by atoms with Crippen molar-refractivity contribution in [2.75, 3.05) is 19.7 Å². The van der Waals surface area contributed by atoms with E-state index in [9.17, 15) is 9.59 Å². The smallest absolute Gasteiger partial charge is 0.410 e. The first-order valence-corrected chi connectivity index (χ1v) is 8.37. The monoisotopic (exact) mass is 349 g/mol. The van der Waals surface area contributed by atoms with Crippen molar-refractivity contribution in [3.8, 4) is 23.5 Å². The lowest BCUT2D eigenvalue weighted by atomic mass is 9.98. The van der Waals surface area contributed by atoms with Gasteiger partial charge in [0.05, 0.1) is 13.0 Å². The van der Waals surface area contributed by atoms with Gasteiger partial charge in [0, 0.05) is 12.5 Å². The van der Waals surface area contributed by atoms with Crippen LogP contribution in [-0.4, -0.2) is 41.8 Å². The molecule has 26 heavy (non-hydrogen) atoms. The average molecular weight is 349 g/mol. The summed E-state index contributed by atoms with van der Waals surface area (Å²) < 4.78 is 5.49. The van der Waals surface area contributed by atoms with Gasteiger partial charge in [-0.1, -0.05) is 54.5 Å². The Bertz CT molecular complexity index is 823. The van der Waals surface area contributed by atoms with E-state index >= 15 is 0 Å². The molecular formula is C21H19NO4. The van der Waals surface area contributed by atoms with Gasteiger partial charge in [-0.25, -0.2) is 4.79 Å². The van der Waals surface area contributed by atoms with Gasteiger partial charge in [0.25, 0.3) is 0 Å². The summed E-state index contributed by atoms with van der Waals surface area (Å²) in [6.07, 6.45) is 4.51. The molecule has 0 radical (unpaired) electrons. The van der Waals surface area contributed by atoms with Crippen LogP contribution in [0.5, 0.6) is 0 Å². The minimum Gasteiger partial charge on any atom is -0.481 e. The molecule has 0 aromatic heterocycles. The van der Waals surface area contributed by atoms with Crippen LogP contribution in [0, 0.1) is 12.3 Å². The van der Waals surface area contributed by atoms with E-state index in [1.165, 1.54) is 4.90 Å². The maximum Gasteiger partial charge on any atom is 0.410 e. The quantitative estimate of drug-likeness (QED) is 0.812. The third-order valence-electron chi connectivity index (χ3n) is 4.47. The maximum absolute atomic E-state index is 12.3. The number of nitrogens with zero attached hydrogens (tertiary/aromatic N) is 1. The Morgan fingerprint density at radius 2 is 1.65 bits per heavy atom. The van der Waals surface area contributed by atoms with E-state index in [-0.39, 0.29) is 32.0 Å². The number of rotatable bonds is 6. The average Bonchev–Trinajstić information content (AvgIpc) is 2.97. The molecule has 1 aliphatic rings. The highest BCUT2D eigenvalue weighted by Gasteiger charge is 2.29. The molecular weight excluding hydrogens is 330 g/mol. The Balaban J connectivity index is 1.74. The van der Waals surface area contributed by atoms with Crippen molar-refractivity contribution in [3.05, 3.63) is 59.7 Å². The number of hydrogen-bond donors (Lipinski definition) is 1. The lowest BCUT2D eigenvalue weighted by molar-refractivity contribution is -0.137. The molecule has 5 nitrogen and oxygen atoms in total. The predicted octanol–water partition coefficient (Wildman–Crippen LogP) is 3.35. The topological polar surface area (TPSA) is 66.8 Å². The van der Waals surface area contributed by atoms with Gasteiger partial charge in [0.2, 0.25) is 0 Å². The van der Waals surface area contributed by atoms with Gasteiger partial charge in [-0.15, -0.1) is 6.42 Å². The Kier molecular flexibility index (Phi) is 5.23. The van der Waals surface area contributed by atoms with Crippen molar-refractivity contribution in [2.45, 2.75) is 12.3 Å². The molecule has 0 saturated carbocycles.